The van der Waals surface area contributed by atoms with Crippen LogP contribution in [-0.2, 0) is 0 Å². The summed E-state index contributed by atoms with van der Waals surface area (Å²) in [6.45, 7) is 2.92. The van der Waals surface area contributed by atoms with E-state index >= 15 is 0 Å². The van der Waals surface area contributed by atoms with E-state index in [1.54, 1.807) is 6.07 Å². The third-order valence-corrected chi connectivity index (χ3v) is 2.58. The summed E-state index contributed by atoms with van der Waals surface area (Å²) in [7, 11) is 3.98. The van der Waals surface area contributed by atoms with Crippen LogP contribution in [0, 0.1) is 21.4 Å². The molecule has 1 unspecified atom stereocenters. The summed E-state index contributed by atoms with van der Waals surface area (Å²) in [5, 5.41) is 22.7. The van der Waals surface area contributed by atoms with Crippen molar-refractivity contribution in [3.63, 3.8) is 0 Å². The molecule has 0 amide bonds. The quantitative estimate of drug-likeness (QED) is 0.619. The maximum atomic E-state index is 10.7. The predicted octanol–water partition coefficient (Wildman–Crippen LogP) is 1.61. The molecule has 0 spiro atoms. The van der Waals surface area contributed by atoms with Crippen molar-refractivity contribution in [3.05, 3.63) is 27.9 Å². The van der Waals surface area contributed by atoms with Crippen molar-refractivity contribution in [2.75, 3.05) is 26.0 Å². The SMILES string of the molecule is CC(CCN(C)C)Nc1ccc([N+](=O)[O-])c(C#N)n1. The van der Waals surface area contributed by atoms with Crippen LogP contribution in [0.25, 0.3) is 0 Å². The Balaban J connectivity index is 2.75. The summed E-state index contributed by atoms with van der Waals surface area (Å²) in [6, 6.07) is 4.73. The van der Waals surface area contributed by atoms with Crippen LogP contribution in [-0.4, -0.2) is 41.5 Å². The molecule has 1 N–H and O–H groups in total. The third kappa shape index (κ3) is 4.52. The molecule has 1 aromatic heterocycles. The molecule has 0 saturated carbocycles. The zero-order valence-electron chi connectivity index (χ0n) is 11.3. The van der Waals surface area contributed by atoms with Gasteiger partial charge in [-0.05, 0) is 40.1 Å². The second kappa shape index (κ2) is 6.66. The Bertz CT molecular complexity index is 495. The molecular weight excluding hydrogens is 246 g/mol. The van der Waals surface area contributed by atoms with Gasteiger partial charge in [0.05, 0.1) is 4.92 Å². The van der Waals surface area contributed by atoms with Gasteiger partial charge in [-0.1, -0.05) is 0 Å². The minimum absolute atomic E-state index is 0.169. The van der Waals surface area contributed by atoms with Crippen LogP contribution in [0.1, 0.15) is 19.0 Å². The topological polar surface area (TPSA) is 95.1 Å². The maximum Gasteiger partial charge on any atom is 0.305 e. The molecule has 0 saturated heterocycles. The Morgan fingerprint density at radius 2 is 2.26 bits per heavy atom. The van der Waals surface area contributed by atoms with Crippen LogP contribution in [0.3, 0.4) is 0 Å². The van der Waals surface area contributed by atoms with E-state index in [0.717, 1.165) is 13.0 Å². The van der Waals surface area contributed by atoms with Gasteiger partial charge in [0.15, 0.2) is 0 Å². The molecule has 7 nitrogen and oxygen atoms in total. The Kier molecular flexibility index (Phi) is 5.21. The Hall–Kier alpha value is -2.20. The lowest BCUT2D eigenvalue weighted by Gasteiger charge is -2.17. The number of pyridine rings is 1. The molecule has 19 heavy (non-hydrogen) atoms. The van der Waals surface area contributed by atoms with Crippen LogP contribution in [0.2, 0.25) is 0 Å². The number of nitrogens with one attached hydrogen (secondary N) is 1. The Labute approximate surface area is 112 Å². The molecule has 102 valence electrons. The molecule has 0 aromatic carbocycles. The first-order chi connectivity index (χ1) is 8.93. The predicted molar refractivity (Wildman–Crippen MR) is 71.9 cm³/mol. The van der Waals surface area contributed by atoms with Gasteiger partial charge in [0.1, 0.15) is 11.9 Å². The molecule has 0 radical (unpaired) electrons. The molecule has 1 aromatic rings. The highest BCUT2D eigenvalue weighted by atomic mass is 16.6. The van der Waals surface area contributed by atoms with E-state index in [-0.39, 0.29) is 17.4 Å². The fraction of sp³-hybridized carbons (Fsp3) is 0.500. The highest BCUT2D eigenvalue weighted by Crippen LogP contribution is 2.18. The average Bonchev–Trinajstić information content (AvgIpc) is 2.35. The van der Waals surface area contributed by atoms with Gasteiger partial charge in [0.25, 0.3) is 0 Å². The molecule has 1 heterocycles. The molecule has 7 heteroatoms. The van der Waals surface area contributed by atoms with Gasteiger partial charge in [-0.3, -0.25) is 10.1 Å². The zero-order chi connectivity index (χ0) is 14.4. The summed E-state index contributed by atoms with van der Waals surface area (Å²) in [5.74, 6) is 0.480. The van der Waals surface area contributed by atoms with Crippen molar-refractivity contribution in [1.82, 2.24) is 9.88 Å². The van der Waals surface area contributed by atoms with Gasteiger partial charge in [-0.15, -0.1) is 0 Å². The van der Waals surface area contributed by atoms with E-state index in [4.69, 9.17) is 5.26 Å². The minimum atomic E-state index is -0.606. The first kappa shape index (κ1) is 14.9. The number of anilines is 1. The minimum Gasteiger partial charge on any atom is -0.368 e. The van der Waals surface area contributed by atoms with Crippen molar-refractivity contribution in [3.8, 4) is 6.07 Å². The van der Waals surface area contributed by atoms with Crippen LogP contribution in [0.15, 0.2) is 12.1 Å². The smallest absolute Gasteiger partial charge is 0.305 e. The lowest BCUT2D eigenvalue weighted by molar-refractivity contribution is -0.385. The molecule has 1 atom stereocenters. The largest absolute Gasteiger partial charge is 0.368 e. The molecule has 0 bridgehead atoms. The van der Waals surface area contributed by atoms with E-state index in [0.29, 0.717) is 5.82 Å². The normalized spacial score (nSPS) is 11.9. The van der Waals surface area contributed by atoms with E-state index in [1.165, 1.54) is 12.1 Å². The van der Waals surface area contributed by atoms with Gasteiger partial charge in [-0.25, -0.2) is 4.98 Å². The summed E-state index contributed by atoms with van der Waals surface area (Å²) in [4.78, 5) is 16.1. The van der Waals surface area contributed by atoms with Crippen molar-refractivity contribution in [2.24, 2.45) is 0 Å². The lowest BCUT2D eigenvalue weighted by Crippen LogP contribution is -2.23. The average molecular weight is 263 g/mol. The molecule has 0 aliphatic carbocycles. The van der Waals surface area contributed by atoms with Gasteiger partial charge in [0.2, 0.25) is 5.69 Å². The number of hydrogen-bond acceptors (Lipinski definition) is 6. The summed E-state index contributed by atoms with van der Waals surface area (Å²) in [6.07, 6.45) is 0.910. The Morgan fingerprint density at radius 3 is 2.79 bits per heavy atom. The fourth-order valence-electron chi connectivity index (χ4n) is 1.54. The van der Waals surface area contributed by atoms with Crippen LogP contribution >= 0.6 is 0 Å². The molecular formula is C12H17N5O2. The van der Waals surface area contributed by atoms with Crippen LogP contribution in [0.5, 0.6) is 0 Å². The van der Waals surface area contributed by atoms with Gasteiger partial charge < -0.3 is 10.2 Å². The fourth-order valence-corrected chi connectivity index (χ4v) is 1.54. The zero-order valence-corrected chi connectivity index (χ0v) is 11.3. The first-order valence-corrected chi connectivity index (χ1v) is 5.91. The number of nitrogens with zero attached hydrogens (tertiary/aromatic N) is 4. The van der Waals surface area contributed by atoms with Crippen molar-refractivity contribution >= 4 is 11.5 Å². The van der Waals surface area contributed by atoms with Gasteiger partial charge in [-0.2, -0.15) is 5.26 Å². The van der Waals surface area contributed by atoms with Crippen LogP contribution < -0.4 is 5.32 Å². The highest BCUT2D eigenvalue weighted by molar-refractivity contribution is 5.50. The second-order valence-electron chi connectivity index (χ2n) is 4.57. The van der Waals surface area contributed by atoms with Crippen LogP contribution in [0.4, 0.5) is 11.5 Å². The van der Waals surface area contributed by atoms with E-state index in [2.05, 4.69) is 15.2 Å². The van der Waals surface area contributed by atoms with Gasteiger partial charge >= 0.3 is 5.69 Å². The van der Waals surface area contributed by atoms with Crippen molar-refractivity contribution < 1.29 is 4.92 Å². The van der Waals surface area contributed by atoms with E-state index in [1.807, 2.05) is 21.0 Å². The maximum absolute atomic E-state index is 10.7. The van der Waals surface area contributed by atoms with Gasteiger partial charge in [0, 0.05) is 12.1 Å². The molecule has 0 aliphatic rings. The number of nitro groups is 1. The Morgan fingerprint density at radius 1 is 1.58 bits per heavy atom. The standard InChI is InChI=1S/C12H17N5O2/c1-9(6-7-16(2)3)14-12-5-4-11(17(18)19)10(8-13)15-12/h4-5,9H,6-7H2,1-3H3,(H,14,15). The number of nitriles is 1. The lowest BCUT2D eigenvalue weighted by atomic mass is 10.2. The third-order valence-electron chi connectivity index (χ3n) is 2.58. The number of aromatic nitrogens is 1. The van der Waals surface area contributed by atoms with Crippen molar-refractivity contribution in [1.29, 1.82) is 5.26 Å². The molecule has 0 fully saturated rings. The summed E-state index contributed by atoms with van der Waals surface area (Å²) >= 11 is 0. The number of hydrogen-bond donors (Lipinski definition) is 1. The highest BCUT2D eigenvalue weighted by Gasteiger charge is 2.16. The monoisotopic (exact) mass is 263 g/mol. The summed E-state index contributed by atoms with van der Waals surface area (Å²) < 4.78 is 0. The first-order valence-electron chi connectivity index (χ1n) is 5.91. The van der Waals surface area contributed by atoms with Crippen molar-refractivity contribution in [2.45, 2.75) is 19.4 Å². The molecule has 1 rings (SSSR count). The van der Waals surface area contributed by atoms with E-state index < -0.39 is 4.92 Å². The number of rotatable bonds is 6. The summed E-state index contributed by atoms with van der Waals surface area (Å²) in [5.41, 5.74) is -0.441. The molecule has 0 aliphatic heterocycles. The second-order valence-corrected chi connectivity index (χ2v) is 4.57. The van der Waals surface area contributed by atoms with E-state index in [9.17, 15) is 10.1 Å².